The maximum absolute atomic E-state index is 13.2. The van der Waals surface area contributed by atoms with E-state index >= 15 is 0 Å². The number of hydrogen-bond acceptors (Lipinski definition) is 9. The Morgan fingerprint density at radius 2 is 1.15 bits per heavy atom. The van der Waals surface area contributed by atoms with Crippen molar-refractivity contribution >= 4 is 56.4 Å². The number of fused-ring (bicyclic) bond motifs is 2. The van der Waals surface area contributed by atoms with E-state index < -0.39 is 23.8 Å². The van der Waals surface area contributed by atoms with E-state index in [1.807, 2.05) is 0 Å². The van der Waals surface area contributed by atoms with E-state index in [2.05, 4.69) is 15.6 Å². The van der Waals surface area contributed by atoms with Gasteiger partial charge in [0.2, 0.25) is 0 Å². The molecule has 5 rings (SSSR count). The van der Waals surface area contributed by atoms with Gasteiger partial charge in [-0.25, -0.2) is 14.6 Å². The molecule has 210 valence electrons. The van der Waals surface area contributed by atoms with Crippen LogP contribution in [0.2, 0.25) is 0 Å². The maximum atomic E-state index is 13.2. The summed E-state index contributed by atoms with van der Waals surface area (Å²) in [6, 6.07) is 4.60. The molecule has 0 unspecified atom stereocenters. The van der Waals surface area contributed by atoms with Gasteiger partial charge in [0.25, 0.3) is 11.8 Å². The van der Waals surface area contributed by atoms with Gasteiger partial charge < -0.3 is 20.1 Å². The minimum Gasteiger partial charge on any atom is -0.462 e. The number of rotatable bonds is 8. The SMILES string of the molecule is CCOC(=O)c1c(NC(=O)c2cccc(C(=O)Nc3sc4c(c3C(=O)OCC)CCCC4)n2)sc2c1CCCC2. The molecule has 0 atom stereocenters. The number of amides is 2. The van der Waals surface area contributed by atoms with E-state index in [-0.39, 0.29) is 24.6 Å². The Kier molecular flexibility index (Phi) is 8.60. The first-order valence-corrected chi connectivity index (χ1v) is 15.3. The van der Waals surface area contributed by atoms with E-state index in [0.29, 0.717) is 21.1 Å². The number of aromatic nitrogens is 1. The topological polar surface area (TPSA) is 124 Å². The van der Waals surface area contributed by atoms with Crippen molar-refractivity contribution in [1.82, 2.24) is 4.98 Å². The number of ether oxygens (including phenoxy) is 2. The third-order valence-electron chi connectivity index (χ3n) is 6.97. The van der Waals surface area contributed by atoms with Gasteiger partial charge in [0.15, 0.2) is 0 Å². The van der Waals surface area contributed by atoms with Crippen molar-refractivity contribution in [2.24, 2.45) is 0 Å². The number of carbonyl (C=O) groups is 4. The largest absolute Gasteiger partial charge is 0.462 e. The smallest absolute Gasteiger partial charge is 0.341 e. The van der Waals surface area contributed by atoms with Crippen LogP contribution in [0.5, 0.6) is 0 Å². The number of thiophene rings is 2. The zero-order valence-electron chi connectivity index (χ0n) is 22.5. The summed E-state index contributed by atoms with van der Waals surface area (Å²) in [5.74, 6) is -1.96. The predicted octanol–water partition coefficient (Wildman–Crippen LogP) is 5.82. The molecule has 2 N–H and O–H groups in total. The molecular weight excluding hydrogens is 550 g/mol. The van der Waals surface area contributed by atoms with Gasteiger partial charge in [-0.2, -0.15) is 0 Å². The Bertz CT molecular complexity index is 1370. The van der Waals surface area contributed by atoms with Crippen molar-refractivity contribution < 1.29 is 28.7 Å². The van der Waals surface area contributed by atoms with Crippen molar-refractivity contribution in [3.05, 3.63) is 61.6 Å². The molecule has 2 amide bonds. The number of nitrogens with zero attached hydrogens (tertiary/aromatic N) is 1. The molecule has 3 aromatic rings. The van der Waals surface area contributed by atoms with E-state index in [0.717, 1.165) is 72.2 Å². The third-order valence-corrected chi connectivity index (χ3v) is 9.38. The Labute approximate surface area is 240 Å². The summed E-state index contributed by atoms with van der Waals surface area (Å²) in [6.45, 7) is 3.97. The average molecular weight is 582 g/mol. The normalized spacial score (nSPS) is 14.1. The van der Waals surface area contributed by atoms with Crippen LogP contribution in [0.25, 0.3) is 0 Å². The molecule has 0 saturated heterocycles. The van der Waals surface area contributed by atoms with E-state index in [9.17, 15) is 19.2 Å². The third kappa shape index (κ3) is 5.66. The minimum absolute atomic E-state index is 0.0323. The zero-order valence-corrected chi connectivity index (χ0v) is 24.1. The second-order valence-electron chi connectivity index (χ2n) is 9.59. The molecule has 0 fully saturated rings. The highest BCUT2D eigenvalue weighted by atomic mass is 32.1. The number of anilines is 2. The first kappa shape index (κ1) is 28.0. The molecule has 0 spiro atoms. The van der Waals surface area contributed by atoms with Crippen LogP contribution in [0.15, 0.2) is 18.2 Å². The summed E-state index contributed by atoms with van der Waals surface area (Å²) in [5, 5.41) is 6.55. The van der Waals surface area contributed by atoms with E-state index in [1.54, 1.807) is 19.9 Å². The first-order valence-electron chi connectivity index (χ1n) is 13.6. The van der Waals surface area contributed by atoms with Crippen LogP contribution in [-0.4, -0.2) is 42.0 Å². The highest BCUT2D eigenvalue weighted by Gasteiger charge is 2.29. The van der Waals surface area contributed by atoms with Crippen LogP contribution in [-0.2, 0) is 35.2 Å². The van der Waals surface area contributed by atoms with Crippen LogP contribution in [0.1, 0.15) is 102 Å². The zero-order chi connectivity index (χ0) is 28.2. The summed E-state index contributed by atoms with van der Waals surface area (Å²) in [5.41, 5.74) is 2.79. The summed E-state index contributed by atoms with van der Waals surface area (Å²) in [7, 11) is 0. The minimum atomic E-state index is -0.530. The molecular formula is C29H31N3O6S2. The molecule has 9 nitrogen and oxygen atoms in total. The number of aryl methyl sites for hydroxylation is 2. The number of pyridine rings is 1. The van der Waals surface area contributed by atoms with Crippen molar-refractivity contribution in [2.45, 2.75) is 65.2 Å². The van der Waals surface area contributed by atoms with Gasteiger partial charge in [-0.05, 0) is 88.5 Å². The number of esters is 2. The summed E-state index contributed by atoms with van der Waals surface area (Å²) >= 11 is 2.78. The molecule has 0 radical (unpaired) electrons. The van der Waals surface area contributed by atoms with Gasteiger partial charge in [-0.3, -0.25) is 9.59 Å². The predicted molar refractivity (Wildman–Crippen MR) is 154 cm³/mol. The fraction of sp³-hybridized carbons (Fsp3) is 0.414. The monoisotopic (exact) mass is 581 g/mol. The van der Waals surface area contributed by atoms with Gasteiger partial charge in [-0.1, -0.05) is 6.07 Å². The van der Waals surface area contributed by atoms with Gasteiger partial charge in [0.1, 0.15) is 21.4 Å². The second-order valence-corrected chi connectivity index (χ2v) is 11.8. The molecule has 2 aliphatic rings. The molecule has 0 saturated carbocycles. The van der Waals surface area contributed by atoms with Crippen molar-refractivity contribution in [3.63, 3.8) is 0 Å². The summed E-state index contributed by atoms with van der Waals surface area (Å²) < 4.78 is 10.6. The van der Waals surface area contributed by atoms with Crippen molar-refractivity contribution in [2.75, 3.05) is 23.8 Å². The molecule has 11 heteroatoms. The Hall–Kier alpha value is -3.57. The lowest BCUT2D eigenvalue weighted by atomic mass is 9.95. The number of carbonyl (C=O) groups excluding carboxylic acids is 4. The van der Waals surface area contributed by atoms with E-state index in [1.165, 1.54) is 34.8 Å². The highest BCUT2D eigenvalue weighted by molar-refractivity contribution is 7.17. The Morgan fingerprint density at radius 1 is 0.725 bits per heavy atom. The van der Waals surface area contributed by atoms with Gasteiger partial charge in [0.05, 0.1) is 24.3 Å². The van der Waals surface area contributed by atoms with E-state index in [4.69, 9.17) is 9.47 Å². The lowest BCUT2D eigenvalue weighted by Crippen LogP contribution is -2.20. The molecule has 3 heterocycles. The molecule has 0 aromatic carbocycles. The molecule has 2 aliphatic carbocycles. The average Bonchev–Trinajstić information content (AvgIpc) is 3.50. The van der Waals surface area contributed by atoms with Crippen LogP contribution < -0.4 is 10.6 Å². The van der Waals surface area contributed by atoms with Crippen LogP contribution >= 0.6 is 22.7 Å². The van der Waals surface area contributed by atoms with Crippen molar-refractivity contribution in [3.8, 4) is 0 Å². The number of nitrogens with one attached hydrogen (secondary N) is 2. The first-order chi connectivity index (χ1) is 19.4. The molecule has 40 heavy (non-hydrogen) atoms. The van der Waals surface area contributed by atoms with Crippen LogP contribution in [0, 0.1) is 0 Å². The quantitative estimate of drug-likeness (QED) is 0.321. The maximum Gasteiger partial charge on any atom is 0.341 e. The lowest BCUT2D eigenvalue weighted by molar-refractivity contribution is 0.0516. The van der Waals surface area contributed by atoms with Gasteiger partial charge in [0, 0.05) is 9.75 Å². The van der Waals surface area contributed by atoms with Crippen molar-refractivity contribution in [1.29, 1.82) is 0 Å². The summed E-state index contributed by atoms with van der Waals surface area (Å²) in [6.07, 6.45) is 7.28. The Morgan fingerprint density at radius 3 is 1.57 bits per heavy atom. The standard InChI is InChI=1S/C29H31N3O6S2/c1-3-37-28(35)22-16-10-5-7-14-20(16)39-26(22)31-24(33)18-12-9-13-19(30-18)25(34)32-27-23(29(36)38-4-2)17-11-6-8-15-21(17)40-27/h9,12-13H,3-8,10-11,14-15H2,1-2H3,(H,31,33)(H,32,34). The van der Waals surface area contributed by atoms with Crippen LogP contribution in [0.4, 0.5) is 10.0 Å². The van der Waals surface area contributed by atoms with Gasteiger partial charge >= 0.3 is 11.9 Å². The Balaban J connectivity index is 1.37. The lowest BCUT2D eigenvalue weighted by Gasteiger charge is -2.12. The molecule has 0 bridgehead atoms. The summed E-state index contributed by atoms with van der Waals surface area (Å²) in [4.78, 5) is 58.4. The van der Waals surface area contributed by atoms with Crippen LogP contribution in [0.3, 0.4) is 0 Å². The number of hydrogen-bond donors (Lipinski definition) is 2. The fourth-order valence-corrected chi connectivity index (χ4v) is 7.71. The van der Waals surface area contributed by atoms with Gasteiger partial charge in [-0.15, -0.1) is 22.7 Å². The molecule has 0 aliphatic heterocycles. The molecule has 3 aromatic heterocycles. The highest BCUT2D eigenvalue weighted by Crippen LogP contribution is 2.40. The fourth-order valence-electron chi connectivity index (χ4n) is 5.17. The second kappa shape index (κ2) is 12.3.